The molecule has 0 bridgehead atoms. The molecule has 0 saturated carbocycles. The number of nitrogens with zero attached hydrogens (tertiary/aromatic N) is 4. The van der Waals surface area contributed by atoms with Gasteiger partial charge in [0.1, 0.15) is 0 Å². The fourth-order valence-electron chi connectivity index (χ4n) is 1.46. The maximum atomic E-state index is 4.34. The maximum absolute atomic E-state index is 4.34. The predicted molar refractivity (Wildman–Crippen MR) is 74.7 cm³/mol. The number of anilines is 2. The van der Waals surface area contributed by atoms with Gasteiger partial charge in [0.2, 0.25) is 5.95 Å². The van der Waals surface area contributed by atoms with Crippen molar-refractivity contribution in [3.8, 4) is 0 Å². The van der Waals surface area contributed by atoms with Gasteiger partial charge in [-0.25, -0.2) is 0 Å². The summed E-state index contributed by atoms with van der Waals surface area (Å²) in [5.74, 6) is 1.80. The lowest BCUT2D eigenvalue weighted by Crippen LogP contribution is -2.11. The molecule has 0 atom stereocenters. The molecule has 2 aromatic heterocycles. The van der Waals surface area contributed by atoms with Crippen molar-refractivity contribution in [2.45, 2.75) is 20.4 Å². The van der Waals surface area contributed by atoms with Crippen LogP contribution >= 0.6 is 0 Å². The van der Waals surface area contributed by atoms with Crippen LogP contribution in [0.5, 0.6) is 0 Å². The molecule has 6 nitrogen and oxygen atoms in total. The summed E-state index contributed by atoms with van der Waals surface area (Å²) in [6.07, 6.45) is 5.18. The molecule has 2 rings (SSSR count). The number of hydrogen-bond acceptors (Lipinski definition) is 6. The molecule has 6 heteroatoms. The monoisotopic (exact) mass is 258 g/mol. The van der Waals surface area contributed by atoms with E-state index >= 15 is 0 Å². The Morgan fingerprint density at radius 1 is 1.21 bits per heavy atom. The first-order valence-corrected chi connectivity index (χ1v) is 6.30. The van der Waals surface area contributed by atoms with Crippen molar-refractivity contribution in [1.82, 2.24) is 20.2 Å². The van der Waals surface area contributed by atoms with Crippen molar-refractivity contribution in [1.29, 1.82) is 0 Å². The minimum Gasteiger partial charge on any atom is -0.368 e. The van der Waals surface area contributed by atoms with Gasteiger partial charge in [-0.1, -0.05) is 19.9 Å². The molecule has 100 valence electrons. The zero-order valence-electron chi connectivity index (χ0n) is 11.2. The van der Waals surface area contributed by atoms with Gasteiger partial charge in [-0.2, -0.15) is 10.1 Å². The molecule has 2 N–H and O–H groups in total. The summed E-state index contributed by atoms with van der Waals surface area (Å²) >= 11 is 0. The Morgan fingerprint density at radius 3 is 2.84 bits per heavy atom. The number of rotatable bonds is 6. The van der Waals surface area contributed by atoms with Crippen molar-refractivity contribution in [3.05, 3.63) is 36.3 Å². The second-order valence-electron chi connectivity index (χ2n) is 4.65. The van der Waals surface area contributed by atoms with Crippen LogP contribution in [0.2, 0.25) is 0 Å². The smallest absolute Gasteiger partial charge is 0.244 e. The van der Waals surface area contributed by atoms with Gasteiger partial charge >= 0.3 is 0 Å². The van der Waals surface area contributed by atoms with E-state index in [1.165, 1.54) is 0 Å². The molecule has 0 saturated heterocycles. The molecule has 0 aliphatic rings. The van der Waals surface area contributed by atoms with Gasteiger partial charge in [0.15, 0.2) is 5.82 Å². The quantitative estimate of drug-likeness (QED) is 0.824. The standard InChI is InChI=1S/C13H18N6/c1-10(2)6-15-12-9-17-19-13(18-12)16-8-11-4-3-5-14-7-11/h3-5,7,9-10H,6,8H2,1-2H3,(H2,15,16,18,19). The first-order chi connectivity index (χ1) is 9.24. The highest BCUT2D eigenvalue weighted by molar-refractivity contribution is 5.37. The highest BCUT2D eigenvalue weighted by Gasteiger charge is 2.01. The van der Waals surface area contributed by atoms with Gasteiger partial charge in [-0.15, -0.1) is 5.10 Å². The Balaban J connectivity index is 1.91. The molecule has 2 aromatic rings. The molecule has 0 unspecified atom stereocenters. The summed E-state index contributed by atoms with van der Waals surface area (Å²) in [6, 6.07) is 3.89. The van der Waals surface area contributed by atoms with Crippen molar-refractivity contribution in [3.63, 3.8) is 0 Å². The van der Waals surface area contributed by atoms with Gasteiger partial charge in [-0.3, -0.25) is 4.98 Å². The number of aromatic nitrogens is 4. The van der Waals surface area contributed by atoms with E-state index in [0.717, 1.165) is 17.9 Å². The number of nitrogens with one attached hydrogen (secondary N) is 2. The minimum atomic E-state index is 0.512. The summed E-state index contributed by atoms with van der Waals surface area (Å²) in [5, 5.41) is 14.2. The average molecular weight is 258 g/mol. The highest BCUT2D eigenvalue weighted by atomic mass is 15.3. The SMILES string of the molecule is CC(C)CNc1cnnc(NCc2cccnc2)n1. The largest absolute Gasteiger partial charge is 0.368 e. The number of hydrogen-bond donors (Lipinski definition) is 2. The van der Waals surface area contributed by atoms with Crippen LogP contribution in [0.15, 0.2) is 30.7 Å². The molecule has 0 aliphatic carbocycles. The van der Waals surface area contributed by atoms with Crippen LogP contribution < -0.4 is 10.6 Å². The summed E-state index contributed by atoms with van der Waals surface area (Å²) in [5.41, 5.74) is 1.08. The fraction of sp³-hybridized carbons (Fsp3) is 0.385. The second-order valence-corrected chi connectivity index (χ2v) is 4.65. The lowest BCUT2D eigenvalue weighted by atomic mass is 10.2. The Hall–Kier alpha value is -2.24. The van der Waals surface area contributed by atoms with Crippen molar-refractivity contribution in [2.75, 3.05) is 17.2 Å². The fourth-order valence-corrected chi connectivity index (χ4v) is 1.46. The highest BCUT2D eigenvalue weighted by Crippen LogP contribution is 2.06. The van der Waals surface area contributed by atoms with Crippen molar-refractivity contribution < 1.29 is 0 Å². The van der Waals surface area contributed by atoms with Crippen LogP contribution in [0, 0.1) is 5.92 Å². The van der Waals surface area contributed by atoms with Crippen molar-refractivity contribution in [2.24, 2.45) is 5.92 Å². The van der Waals surface area contributed by atoms with E-state index in [4.69, 9.17) is 0 Å². The van der Waals surface area contributed by atoms with E-state index in [9.17, 15) is 0 Å². The van der Waals surface area contributed by atoms with Crippen LogP contribution in [0.25, 0.3) is 0 Å². The van der Waals surface area contributed by atoms with E-state index in [2.05, 4.69) is 44.6 Å². The molecule has 0 amide bonds. The maximum Gasteiger partial charge on any atom is 0.244 e. The van der Waals surface area contributed by atoms with Gasteiger partial charge < -0.3 is 10.6 Å². The Bertz CT molecular complexity index is 499. The summed E-state index contributed by atoms with van der Waals surface area (Å²) in [6.45, 7) is 5.77. The molecule has 0 aliphatic heterocycles. The van der Waals surface area contributed by atoms with E-state index in [1.807, 2.05) is 12.1 Å². The third-order valence-corrected chi connectivity index (χ3v) is 2.42. The third-order valence-electron chi connectivity index (χ3n) is 2.42. The summed E-state index contributed by atoms with van der Waals surface area (Å²) in [4.78, 5) is 8.40. The zero-order valence-corrected chi connectivity index (χ0v) is 11.2. The molecule has 0 aromatic carbocycles. The van der Waals surface area contributed by atoms with E-state index in [1.54, 1.807) is 18.6 Å². The van der Waals surface area contributed by atoms with Crippen LogP contribution in [0.4, 0.5) is 11.8 Å². The lowest BCUT2D eigenvalue weighted by Gasteiger charge is -2.09. The molecule has 19 heavy (non-hydrogen) atoms. The zero-order chi connectivity index (χ0) is 13.5. The Labute approximate surface area is 112 Å². The predicted octanol–water partition coefficient (Wildman–Crippen LogP) is 1.95. The molecule has 0 fully saturated rings. The molecule has 0 radical (unpaired) electrons. The lowest BCUT2D eigenvalue weighted by molar-refractivity contribution is 0.686. The van der Waals surface area contributed by atoms with Crippen molar-refractivity contribution >= 4 is 11.8 Å². The number of pyridine rings is 1. The topological polar surface area (TPSA) is 75.6 Å². The second kappa shape index (κ2) is 6.63. The molecular formula is C13H18N6. The minimum absolute atomic E-state index is 0.512. The normalized spacial score (nSPS) is 10.5. The third kappa shape index (κ3) is 4.50. The summed E-state index contributed by atoms with van der Waals surface area (Å²) < 4.78 is 0. The average Bonchev–Trinajstić information content (AvgIpc) is 2.44. The van der Waals surface area contributed by atoms with Gasteiger partial charge in [0, 0.05) is 25.5 Å². The van der Waals surface area contributed by atoms with E-state index in [-0.39, 0.29) is 0 Å². The molecule has 0 spiro atoms. The molecular weight excluding hydrogens is 240 g/mol. The first kappa shape index (κ1) is 13.2. The van der Waals surface area contributed by atoms with Crippen LogP contribution in [-0.4, -0.2) is 26.7 Å². The molecule has 2 heterocycles. The summed E-state index contributed by atoms with van der Waals surface area (Å²) in [7, 11) is 0. The van der Waals surface area contributed by atoms with Crippen LogP contribution in [-0.2, 0) is 6.54 Å². The van der Waals surface area contributed by atoms with Crippen LogP contribution in [0.3, 0.4) is 0 Å². The Morgan fingerprint density at radius 2 is 2.11 bits per heavy atom. The van der Waals surface area contributed by atoms with Gasteiger partial charge in [-0.05, 0) is 17.5 Å². The first-order valence-electron chi connectivity index (χ1n) is 6.30. The van der Waals surface area contributed by atoms with E-state index < -0.39 is 0 Å². The van der Waals surface area contributed by atoms with Crippen LogP contribution in [0.1, 0.15) is 19.4 Å². The Kier molecular flexibility index (Phi) is 4.60. The van der Waals surface area contributed by atoms with Gasteiger partial charge in [0.05, 0.1) is 6.20 Å². The van der Waals surface area contributed by atoms with E-state index in [0.29, 0.717) is 18.4 Å². The van der Waals surface area contributed by atoms with Gasteiger partial charge in [0.25, 0.3) is 0 Å².